The number of hydrogen-bond acceptors (Lipinski definition) is 5. The van der Waals surface area contributed by atoms with Gasteiger partial charge in [0.05, 0.1) is 5.83 Å². The first-order valence-electron chi connectivity index (χ1n) is 9.46. The van der Waals surface area contributed by atoms with Gasteiger partial charge in [-0.05, 0) is 55.2 Å². The van der Waals surface area contributed by atoms with E-state index >= 15 is 0 Å². The second-order valence-corrected chi connectivity index (χ2v) is 6.76. The quantitative estimate of drug-likeness (QED) is 0.567. The van der Waals surface area contributed by atoms with E-state index in [-0.39, 0.29) is 5.83 Å². The summed E-state index contributed by atoms with van der Waals surface area (Å²) >= 11 is 0. The van der Waals surface area contributed by atoms with E-state index in [0.717, 1.165) is 16.8 Å². The molecule has 0 radical (unpaired) electrons. The Bertz CT molecular complexity index is 1060. The number of pyridine rings is 1. The topological polar surface area (TPSA) is 102 Å². The SMILES string of the molecule is CC/C(=C(\C)F)C(Nc1ccc(CN)cc1)c1nn(-c2ncccc2C)c(=O)[nH]1. The van der Waals surface area contributed by atoms with Crippen molar-refractivity contribution in [3.05, 3.63) is 81.4 Å². The zero-order chi connectivity index (χ0) is 21.0. The van der Waals surface area contributed by atoms with Gasteiger partial charge in [0, 0.05) is 18.4 Å². The maximum atomic E-state index is 14.3. The Morgan fingerprint density at radius 1 is 1.31 bits per heavy atom. The normalized spacial score (nSPS) is 13.1. The molecule has 0 aliphatic carbocycles. The van der Waals surface area contributed by atoms with Crippen LogP contribution >= 0.6 is 0 Å². The highest BCUT2D eigenvalue weighted by Gasteiger charge is 2.24. The number of hydrogen-bond donors (Lipinski definition) is 3. The van der Waals surface area contributed by atoms with Gasteiger partial charge in [-0.1, -0.05) is 25.1 Å². The molecule has 3 rings (SSSR count). The lowest BCUT2D eigenvalue weighted by atomic mass is 10.0. The number of halogens is 1. The fourth-order valence-electron chi connectivity index (χ4n) is 3.18. The highest BCUT2D eigenvalue weighted by atomic mass is 19.1. The van der Waals surface area contributed by atoms with Gasteiger partial charge in [0.25, 0.3) is 0 Å². The molecule has 0 saturated heterocycles. The predicted molar refractivity (Wildman–Crippen MR) is 112 cm³/mol. The highest BCUT2D eigenvalue weighted by molar-refractivity contribution is 5.48. The van der Waals surface area contributed by atoms with E-state index < -0.39 is 11.7 Å². The van der Waals surface area contributed by atoms with Crippen molar-refractivity contribution in [2.24, 2.45) is 5.73 Å². The minimum absolute atomic E-state index is 0.312. The summed E-state index contributed by atoms with van der Waals surface area (Å²) in [6.45, 7) is 5.56. The lowest BCUT2D eigenvalue weighted by Crippen LogP contribution is -2.18. The maximum Gasteiger partial charge on any atom is 0.349 e. The molecule has 0 amide bonds. The average Bonchev–Trinajstić information content (AvgIpc) is 3.09. The van der Waals surface area contributed by atoms with Crippen LogP contribution in [-0.4, -0.2) is 19.7 Å². The number of aromatic nitrogens is 4. The monoisotopic (exact) mass is 396 g/mol. The third-order valence-electron chi connectivity index (χ3n) is 4.76. The summed E-state index contributed by atoms with van der Waals surface area (Å²) in [5.74, 6) is 0.440. The van der Waals surface area contributed by atoms with Gasteiger partial charge in [0.1, 0.15) is 6.04 Å². The number of nitrogens with zero attached hydrogens (tertiary/aromatic N) is 3. The van der Waals surface area contributed by atoms with E-state index in [1.165, 1.54) is 11.6 Å². The van der Waals surface area contributed by atoms with E-state index in [4.69, 9.17) is 5.73 Å². The number of aryl methyl sites for hydroxylation is 1. The van der Waals surface area contributed by atoms with Crippen LogP contribution in [0.15, 0.2) is 58.8 Å². The number of allylic oxidation sites excluding steroid dienone is 1. The van der Waals surface area contributed by atoms with Crippen LogP contribution in [-0.2, 0) is 6.54 Å². The molecule has 7 nitrogen and oxygen atoms in total. The smallest absolute Gasteiger partial charge is 0.349 e. The molecule has 8 heteroatoms. The van der Waals surface area contributed by atoms with E-state index in [9.17, 15) is 9.18 Å². The van der Waals surface area contributed by atoms with Crippen LogP contribution in [0, 0.1) is 6.92 Å². The second-order valence-electron chi connectivity index (χ2n) is 6.76. The van der Waals surface area contributed by atoms with Crippen molar-refractivity contribution in [1.29, 1.82) is 0 Å². The van der Waals surface area contributed by atoms with Crippen LogP contribution in [0.4, 0.5) is 10.1 Å². The Labute approximate surface area is 168 Å². The molecule has 0 saturated carbocycles. The fraction of sp³-hybridized carbons (Fsp3) is 0.286. The van der Waals surface area contributed by atoms with Gasteiger partial charge in [-0.3, -0.25) is 4.98 Å². The zero-order valence-corrected chi connectivity index (χ0v) is 16.7. The van der Waals surface area contributed by atoms with Gasteiger partial charge >= 0.3 is 5.69 Å². The molecule has 0 fully saturated rings. The molecule has 1 atom stereocenters. The summed E-state index contributed by atoms with van der Waals surface area (Å²) in [4.78, 5) is 19.6. The van der Waals surface area contributed by atoms with Crippen molar-refractivity contribution in [2.75, 3.05) is 5.32 Å². The number of benzene rings is 1. The van der Waals surface area contributed by atoms with E-state index in [0.29, 0.717) is 30.2 Å². The van der Waals surface area contributed by atoms with Crippen LogP contribution < -0.4 is 16.7 Å². The van der Waals surface area contributed by atoms with Crippen molar-refractivity contribution < 1.29 is 4.39 Å². The number of aromatic amines is 1. The van der Waals surface area contributed by atoms with Gasteiger partial charge in [0.2, 0.25) is 0 Å². The third-order valence-corrected chi connectivity index (χ3v) is 4.76. The Morgan fingerprint density at radius 3 is 2.62 bits per heavy atom. The number of nitrogens with two attached hydrogens (primary N) is 1. The largest absolute Gasteiger partial charge is 0.372 e. The van der Waals surface area contributed by atoms with Crippen LogP contribution in [0.2, 0.25) is 0 Å². The minimum atomic E-state index is -0.633. The van der Waals surface area contributed by atoms with Gasteiger partial charge in [0.15, 0.2) is 11.6 Å². The second kappa shape index (κ2) is 8.83. The van der Waals surface area contributed by atoms with Crippen LogP contribution in [0.5, 0.6) is 0 Å². The molecular formula is C21H25FN6O. The molecule has 0 aliphatic rings. The van der Waals surface area contributed by atoms with Crippen molar-refractivity contribution in [2.45, 2.75) is 39.8 Å². The molecule has 2 aromatic heterocycles. The Balaban J connectivity index is 2.05. The zero-order valence-electron chi connectivity index (χ0n) is 16.7. The van der Waals surface area contributed by atoms with Crippen LogP contribution in [0.1, 0.15) is 43.3 Å². The number of H-pyrrole nitrogens is 1. The lowest BCUT2D eigenvalue weighted by Gasteiger charge is -2.20. The molecule has 3 aromatic rings. The summed E-state index contributed by atoms with van der Waals surface area (Å²) in [6, 6.07) is 10.5. The number of rotatable bonds is 7. The summed E-state index contributed by atoms with van der Waals surface area (Å²) in [5.41, 5.74) is 8.29. The van der Waals surface area contributed by atoms with E-state index in [1.807, 2.05) is 44.2 Å². The maximum absolute atomic E-state index is 14.3. The summed E-state index contributed by atoms with van der Waals surface area (Å²) in [5, 5.41) is 7.71. The molecule has 0 aliphatic heterocycles. The Kier molecular flexibility index (Phi) is 6.23. The number of anilines is 1. The molecule has 1 aromatic carbocycles. The molecule has 29 heavy (non-hydrogen) atoms. The minimum Gasteiger partial charge on any atom is -0.372 e. The third kappa shape index (κ3) is 4.43. The first-order valence-corrected chi connectivity index (χ1v) is 9.46. The standard InChI is InChI=1S/C21H25FN6O/c1-4-17(14(3)22)18(25-16-9-7-15(12-23)8-10-16)19-26-21(29)28(27-19)20-13(2)6-5-11-24-20/h5-11,18,25H,4,12,23H2,1-3H3,(H,26,27,29)/b17-14-. The molecule has 0 bridgehead atoms. The Hall–Kier alpha value is -3.26. The van der Waals surface area contributed by atoms with Crippen LogP contribution in [0.3, 0.4) is 0 Å². The number of nitrogens with one attached hydrogen (secondary N) is 2. The van der Waals surface area contributed by atoms with Crippen molar-refractivity contribution in [3.63, 3.8) is 0 Å². The predicted octanol–water partition coefficient (Wildman–Crippen LogP) is 3.53. The fourth-order valence-corrected chi connectivity index (χ4v) is 3.18. The molecule has 2 heterocycles. The summed E-state index contributed by atoms with van der Waals surface area (Å²) in [7, 11) is 0. The van der Waals surface area contributed by atoms with E-state index in [2.05, 4.69) is 20.4 Å². The van der Waals surface area contributed by atoms with Crippen molar-refractivity contribution >= 4 is 5.69 Å². The van der Waals surface area contributed by atoms with Crippen molar-refractivity contribution in [3.8, 4) is 5.82 Å². The Morgan fingerprint density at radius 2 is 2.03 bits per heavy atom. The molecule has 4 N–H and O–H groups in total. The highest BCUT2D eigenvalue weighted by Crippen LogP contribution is 2.29. The first-order chi connectivity index (χ1) is 13.9. The van der Waals surface area contributed by atoms with Crippen LogP contribution in [0.25, 0.3) is 5.82 Å². The molecule has 152 valence electrons. The van der Waals surface area contributed by atoms with Gasteiger partial charge in [-0.15, -0.1) is 5.10 Å². The van der Waals surface area contributed by atoms with Gasteiger partial charge in [-0.2, -0.15) is 4.68 Å². The summed E-state index contributed by atoms with van der Waals surface area (Å²) in [6.07, 6.45) is 2.05. The van der Waals surface area contributed by atoms with Crippen molar-refractivity contribution in [1.82, 2.24) is 19.7 Å². The van der Waals surface area contributed by atoms with Gasteiger partial charge in [-0.25, -0.2) is 14.2 Å². The van der Waals surface area contributed by atoms with E-state index in [1.54, 1.807) is 12.3 Å². The molecule has 0 spiro atoms. The molecular weight excluding hydrogens is 371 g/mol. The van der Waals surface area contributed by atoms with Gasteiger partial charge < -0.3 is 11.1 Å². The first kappa shape index (κ1) is 20.5. The average molecular weight is 396 g/mol. The lowest BCUT2D eigenvalue weighted by molar-refractivity contribution is 0.598. The summed E-state index contributed by atoms with van der Waals surface area (Å²) < 4.78 is 15.5. The molecule has 1 unspecified atom stereocenters.